The maximum atomic E-state index is 5.85. The van der Waals surface area contributed by atoms with Gasteiger partial charge in [0.2, 0.25) is 0 Å². The Morgan fingerprint density at radius 2 is 1.75 bits per heavy atom. The molecule has 1 aliphatic carbocycles. The van der Waals surface area contributed by atoms with Crippen molar-refractivity contribution in [1.29, 1.82) is 0 Å². The monoisotopic (exact) mass is 336 g/mol. The molecule has 20 heavy (non-hydrogen) atoms. The Morgan fingerprint density at radius 1 is 1.05 bits per heavy atom. The minimum atomic E-state index is 0.705. The number of anilines is 1. The molecule has 1 saturated carbocycles. The summed E-state index contributed by atoms with van der Waals surface area (Å²) in [4.78, 5) is 2.61. The normalized spacial score (nSPS) is 23.1. The number of piperidine rings is 1. The van der Waals surface area contributed by atoms with Gasteiger partial charge in [0.25, 0.3) is 0 Å². The van der Waals surface area contributed by atoms with Crippen molar-refractivity contribution in [2.24, 2.45) is 5.41 Å². The van der Waals surface area contributed by atoms with Crippen molar-refractivity contribution in [3.63, 3.8) is 0 Å². The van der Waals surface area contributed by atoms with Crippen LogP contribution in [0.3, 0.4) is 0 Å². The molecule has 1 heterocycles. The average molecular weight is 337 g/mol. The number of halogens is 1. The first-order valence-corrected chi connectivity index (χ1v) is 8.73. The van der Waals surface area contributed by atoms with E-state index in [9.17, 15) is 0 Å². The van der Waals surface area contributed by atoms with Crippen LogP contribution in [0.2, 0.25) is 0 Å². The van der Waals surface area contributed by atoms with E-state index in [0.717, 1.165) is 16.7 Å². The minimum Gasteiger partial charge on any atom is -0.398 e. The van der Waals surface area contributed by atoms with Crippen LogP contribution < -0.4 is 5.73 Å². The Balaban J connectivity index is 1.56. The van der Waals surface area contributed by atoms with Crippen LogP contribution in [0.15, 0.2) is 22.7 Å². The Morgan fingerprint density at radius 3 is 2.40 bits per heavy atom. The number of hydrogen-bond acceptors (Lipinski definition) is 2. The number of nitrogen functional groups attached to an aromatic ring is 1. The molecule has 0 atom stereocenters. The summed E-state index contributed by atoms with van der Waals surface area (Å²) in [6.45, 7) is 3.60. The first-order chi connectivity index (χ1) is 9.67. The van der Waals surface area contributed by atoms with Gasteiger partial charge in [0.05, 0.1) is 0 Å². The van der Waals surface area contributed by atoms with Gasteiger partial charge in [0, 0.05) is 16.7 Å². The molecule has 1 spiro atoms. The van der Waals surface area contributed by atoms with Gasteiger partial charge in [-0.1, -0.05) is 25.3 Å². The van der Waals surface area contributed by atoms with Crippen molar-refractivity contribution in [2.75, 3.05) is 18.8 Å². The standard InChI is InChI=1S/C17H25BrN2/c18-15-12-14(4-5-16(15)19)13-20-10-8-17(9-11-20)6-2-1-3-7-17/h4-5,12H,1-3,6-11,13,19H2. The highest BCUT2D eigenvalue weighted by Gasteiger charge is 2.35. The Bertz CT molecular complexity index is 456. The van der Waals surface area contributed by atoms with E-state index < -0.39 is 0 Å². The van der Waals surface area contributed by atoms with E-state index in [2.05, 4.69) is 33.0 Å². The maximum Gasteiger partial charge on any atom is 0.0458 e. The van der Waals surface area contributed by atoms with Crippen molar-refractivity contribution >= 4 is 21.6 Å². The summed E-state index contributed by atoms with van der Waals surface area (Å²) in [6.07, 6.45) is 10.2. The number of likely N-dealkylation sites (tertiary alicyclic amines) is 1. The van der Waals surface area contributed by atoms with E-state index in [4.69, 9.17) is 5.73 Å². The second-order valence-corrected chi connectivity index (χ2v) is 7.55. The third-order valence-electron chi connectivity index (χ3n) is 5.30. The largest absolute Gasteiger partial charge is 0.398 e. The predicted octanol–water partition coefficient (Wildman–Crippen LogP) is 4.58. The number of nitrogens with zero attached hydrogens (tertiary/aromatic N) is 1. The molecule has 110 valence electrons. The molecule has 2 nitrogen and oxygen atoms in total. The first kappa shape index (κ1) is 14.4. The highest BCUT2D eigenvalue weighted by molar-refractivity contribution is 9.10. The second kappa shape index (κ2) is 6.07. The number of rotatable bonds is 2. The average Bonchev–Trinajstić information content (AvgIpc) is 2.47. The van der Waals surface area contributed by atoms with Gasteiger partial charge in [-0.15, -0.1) is 0 Å². The third-order valence-corrected chi connectivity index (χ3v) is 5.99. The molecule has 3 rings (SSSR count). The van der Waals surface area contributed by atoms with Gasteiger partial charge >= 0.3 is 0 Å². The molecule has 0 radical (unpaired) electrons. The molecule has 1 aromatic rings. The van der Waals surface area contributed by atoms with Gasteiger partial charge in [-0.25, -0.2) is 0 Å². The van der Waals surface area contributed by atoms with Crippen molar-refractivity contribution in [3.05, 3.63) is 28.2 Å². The Kier molecular flexibility index (Phi) is 4.37. The molecule has 2 aliphatic rings. The lowest BCUT2D eigenvalue weighted by Crippen LogP contribution is -2.40. The van der Waals surface area contributed by atoms with E-state index in [1.54, 1.807) is 0 Å². The predicted molar refractivity (Wildman–Crippen MR) is 88.6 cm³/mol. The number of benzene rings is 1. The molecule has 1 aliphatic heterocycles. The fourth-order valence-corrected chi connectivity index (χ4v) is 4.34. The molecule has 2 N–H and O–H groups in total. The smallest absolute Gasteiger partial charge is 0.0458 e. The summed E-state index contributed by atoms with van der Waals surface area (Å²) < 4.78 is 1.02. The molecule has 1 saturated heterocycles. The van der Waals surface area contributed by atoms with Gasteiger partial charge in [-0.05, 0) is 77.8 Å². The lowest BCUT2D eigenvalue weighted by Gasteiger charge is -2.44. The fraction of sp³-hybridized carbons (Fsp3) is 0.647. The lowest BCUT2D eigenvalue weighted by atomic mass is 9.68. The van der Waals surface area contributed by atoms with Crippen molar-refractivity contribution in [2.45, 2.75) is 51.5 Å². The van der Waals surface area contributed by atoms with Gasteiger partial charge in [-0.3, -0.25) is 4.90 Å². The van der Waals surface area contributed by atoms with Gasteiger partial charge in [-0.2, -0.15) is 0 Å². The van der Waals surface area contributed by atoms with Crippen LogP contribution in [0, 0.1) is 5.41 Å². The zero-order valence-electron chi connectivity index (χ0n) is 12.2. The summed E-state index contributed by atoms with van der Waals surface area (Å²) in [5, 5.41) is 0. The third kappa shape index (κ3) is 3.20. The molecule has 0 unspecified atom stereocenters. The highest BCUT2D eigenvalue weighted by atomic mass is 79.9. The van der Waals surface area contributed by atoms with E-state index >= 15 is 0 Å². The topological polar surface area (TPSA) is 29.3 Å². The first-order valence-electron chi connectivity index (χ1n) is 7.93. The summed E-state index contributed by atoms with van der Waals surface area (Å²) in [5.41, 5.74) is 8.75. The summed E-state index contributed by atoms with van der Waals surface area (Å²) in [6, 6.07) is 6.33. The van der Waals surface area contributed by atoms with Gasteiger partial charge in [0.15, 0.2) is 0 Å². The molecule has 1 aromatic carbocycles. The molecule has 0 bridgehead atoms. The van der Waals surface area contributed by atoms with Crippen LogP contribution in [0.25, 0.3) is 0 Å². The van der Waals surface area contributed by atoms with Crippen LogP contribution in [0.1, 0.15) is 50.5 Å². The van der Waals surface area contributed by atoms with Crippen LogP contribution in [0.5, 0.6) is 0 Å². The summed E-state index contributed by atoms with van der Waals surface area (Å²) >= 11 is 3.52. The molecule has 2 fully saturated rings. The molecule has 0 aromatic heterocycles. The second-order valence-electron chi connectivity index (χ2n) is 6.69. The molecular formula is C17H25BrN2. The van der Waals surface area contributed by atoms with Gasteiger partial charge < -0.3 is 5.73 Å². The van der Waals surface area contributed by atoms with Gasteiger partial charge in [0.1, 0.15) is 0 Å². The Hall–Kier alpha value is -0.540. The zero-order valence-corrected chi connectivity index (χ0v) is 13.8. The minimum absolute atomic E-state index is 0.705. The summed E-state index contributed by atoms with van der Waals surface area (Å²) in [7, 11) is 0. The van der Waals surface area contributed by atoms with Crippen LogP contribution >= 0.6 is 15.9 Å². The van der Waals surface area contributed by atoms with Crippen molar-refractivity contribution in [1.82, 2.24) is 4.90 Å². The van der Waals surface area contributed by atoms with E-state index in [1.165, 1.54) is 63.6 Å². The number of nitrogens with two attached hydrogens (primary N) is 1. The van der Waals surface area contributed by atoms with Crippen molar-refractivity contribution in [3.8, 4) is 0 Å². The highest BCUT2D eigenvalue weighted by Crippen LogP contribution is 2.44. The quantitative estimate of drug-likeness (QED) is 0.801. The number of hydrogen-bond donors (Lipinski definition) is 1. The van der Waals surface area contributed by atoms with E-state index in [-0.39, 0.29) is 0 Å². The SMILES string of the molecule is Nc1ccc(CN2CCC3(CCCCC3)CC2)cc1Br. The van der Waals surface area contributed by atoms with E-state index in [0.29, 0.717) is 5.41 Å². The zero-order chi connectivity index (χ0) is 14.0. The van der Waals surface area contributed by atoms with Crippen LogP contribution in [0.4, 0.5) is 5.69 Å². The molecule has 0 amide bonds. The summed E-state index contributed by atoms with van der Waals surface area (Å²) in [5.74, 6) is 0. The Labute approximate surface area is 130 Å². The van der Waals surface area contributed by atoms with E-state index in [1.807, 2.05) is 6.07 Å². The molecular weight excluding hydrogens is 312 g/mol. The lowest BCUT2D eigenvalue weighted by molar-refractivity contribution is 0.0641. The van der Waals surface area contributed by atoms with Crippen LogP contribution in [-0.2, 0) is 6.54 Å². The fourth-order valence-electron chi connectivity index (χ4n) is 3.91. The molecule has 3 heteroatoms. The van der Waals surface area contributed by atoms with Crippen LogP contribution in [-0.4, -0.2) is 18.0 Å². The van der Waals surface area contributed by atoms with Crippen molar-refractivity contribution < 1.29 is 0 Å². The maximum absolute atomic E-state index is 5.85.